The molecule has 0 atom stereocenters. The van der Waals surface area contributed by atoms with Crippen molar-refractivity contribution in [3.05, 3.63) is 122 Å². The van der Waals surface area contributed by atoms with Gasteiger partial charge in [0, 0.05) is 10.0 Å². The summed E-state index contributed by atoms with van der Waals surface area (Å²) < 4.78 is 16.6. The summed E-state index contributed by atoms with van der Waals surface area (Å²) in [6, 6.07) is 23.4. The maximum atomic E-state index is 12.8. The molecule has 0 spiro atoms. The Hall–Kier alpha value is -4.04. The van der Waals surface area contributed by atoms with E-state index in [9.17, 15) is 9.59 Å². The molecule has 7 nitrogen and oxygen atoms in total. The first kappa shape index (κ1) is 28.0. The number of ether oxygens (including phenoxy) is 3. The minimum absolute atomic E-state index is 0.161. The van der Waals surface area contributed by atoms with Gasteiger partial charge in [0.05, 0.1) is 29.5 Å². The van der Waals surface area contributed by atoms with Gasteiger partial charge in [-0.05, 0) is 71.8 Å². The standard InChI is InChI=1S/C29H21Cl3N2O5/c1-37-27-14-19(8-13-26(27)39-29(36)22-12-11-21(31)15-24(22)32)16-33-34-28(35)23-4-2-3-5-25(23)38-17-18-6-9-20(30)10-7-18/h2-16H,17H2,1H3,(H,34,35). The molecule has 1 N–H and O–H groups in total. The second-order valence-corrected chi connectivity index (χ2v) is 9.31. The fourth-order valence-corrected chi connectivity index (χ4v) is 4.02. The van der Waals surface area contributed by atoms with Gasteiger partial charge in [-0.3, -0.25) is 4.79 Å². The number of esters is 1. The molecule has 0 saturated carbocycles. The third-order valence-electron chi connectivity index (χ3n) is 5.36. The van der Waals surface area contributed by atoms with Crippen molar-refractivity contribution >= 4 is 52.9 Å². The van der Waals surface area contributed by atoms with E-state index in [4.69, 9.17) is 49.0 Å². The third-order valence-corrected chi connectivity index (χ3v) is 6.16. The largest absolute Gasteiger partial charge is 0.493 e. The number of nitrogens with zero attached hydrogens (tertiary/aromatic N) is 1. The van der Waals surface area contributed by atoms with E-state index >= 15 is 0 Å². The van der Waals surface area contributed by atoms with Crippen LogP contribution in [0.3, 0.4) is 0 Å². The SMILES string of the molecule is COc1cc(C=NNC(=O)c2ccccc2OCc2ccc(Cl)cc2)ccc1OC(=O)c1ccc(Cl)cc1Cl. The van der Waals surface area contributed by atoms with Crippen molar-refractivity contribution in [2.75, 3.05) is 7.11 Å². The molecular formula is C29H21Cl3N2O5. The molecule has 39 heavy (non-hydrogen) atoms. The van der Waals surface area contributed by atoms with Crippen molar-refractivity contribution in [2.45, 2.75) is 6.61 Å². The maximum Gasteiger partial charge on any atom is 0.345 e. The van der Waals surface area contributed by atoms with E-state index in [-0.39, 0.29) is 28.7 Å². The van der Waals surface area contributed by atoms with Crippen molar-refractivity contribution in [1.82, 2.24) is 5.43 Å². The Bertz CT molecular complexity index is 1520. The lowest BCUT2D eigenvalue weighted by molar-refractivity contribution is 0.0729. The highest BCUT2D eigenvalue weighted by Gasteiger charge is 2.16. The minimum Gasteiger partial charge on any atom is -0.493 e. The highest BCUT2D eigenvalue weighted by atomic mass is 35.5. The van der Waals surface area contributed by atoms with Crippen LogP contribution in [0.2, 0.25) is 15.1 Å². The zero-order valence-corrected chi connectivity index (χ0v) is 22.8. The van der Waals surface area contributed by atoms with E-state index in [0.717, 1.165) is 5.56 Å². The highest BCUT2D eigenvalue weighted by molar-refractivity contribution is 6.36. The van der Waals surface area contributed by atoms with Crippen LogP contribution in [-0.4, -0.2) is 25.2 Å². The Kier molecular flexibility index (Phi) is 9.44. The van der Waals surface area contributed by atoms with Gasteiger partial charge in [-0.2, -0.15) is 5.10 Å². The summed E-state index contributed by atoms with van der Waals surface area (Å²) in [5.74, 6) is -0.240. The molecule has 0 saturated heterocycles. The molecule has 4 aromatic rings. The molecule has 4 aromatic carbocycles. The Morgan fingerprint density at radius 2 is 1.56 bits per heavy atom. The van der Waals surface area contributed by atoms with Crippen LogP contribution in [0.4, 0.5) is 0 Å². The van der Waals surface area contributed by atoms with E-state index < -0.39 is 11.9 Å². The molecule has 4 rings (SSSR count). The molecule has 0 aromatic heterocycles. The first-order valence-electron chi connectivity index (χ1n) is 11.5. The molecule has 0 fully saturated rings. The van der Waals surface area contributed by atoms with Gasteiger partial charge in [-0.25, -0.2) is 10.2 Å². The summed E-state index contributed by atoms with van der Waals surface area (Å²) in [5.41, 5.74) is 4.47. The van der Waals surface area contributed by atoms with Gasteiger partial charge in [0.25, 0.3) is 5.91 Å². The van der Waals surface area contributed by atoms with Crippen LogP contribution in [-0.2, 0) is 6.61 Å². The van der Waals surface area contributed by atoms with E-state index in [1.165, 1.54) is 25.5 Å². The van der Waals surface area contributed by atoms with Crippen molar-refractivity contribution in [3.63, 3.8) is 0 Å². The number of methoxy groups -OCH3 is 1. The molecule has 0 heterocycles. The summed E-state index contributed by atoms with van der Waals surface area (Å²) in [7, 11) is 1.44. The number of para-hydroxylation sites is 1. The summed E-state index contributed by atoms with van der Waals surface area (Å²) in [5, 5.41) is 5.24. The fourth-order valence-electron chi connectivity index (χ4n) is 3.41. The first-order chi connectivity index (χ1) is 18.8. The monoisotopic (exact) mass is 582 g/mol. The number of hydrogen-bond donors (Lipinski definition) is 1. The number of rotatable bonds is 9. The third kappa shape index (κ3) is 7.51. The molecule has 0 bridgehead atoms. The van der Waals surface area contributed by atoms with Crippen LogP contribution in [0, 0.1) is 0 Å². The predicted molar refractivity (Wildman–Crippen MR) is 152 cm³/mol. The predicted octanol–water partition coefficient (Wildman–Crippen LogP) is 7.22. The number of hydrazone groups is 1. The van der Waals surface area contributed by atoms with Crippen LogP contribution in [0.1, 0.15) is 31.8 Å². The molecule has 0 aliphatic carbocycles. The number of nitrogens with one attached hydrogen (secondary N) is 1. The average Bonchev–Trinajstić information content (AvgIpc) is 2.93. The number of benzene rings is 4. The molecule has 0 radical (unpaired) electrons. The Balaban J connectivity index is 1.40. The van der Waals surface area contributed by atoms with Gasteiger partial charge in [0.2, 0.25) is 0 Å². The lowest BCUT2D eigenvalue weighted by Gasteiger charge is -2.11. The van der Waals surface area contributed by atoms with Crippen LogP contribution in [0.5, 0.6) is 17.2 Å². The molecule has 0 aliphatic rings. The lowest BCUT2D eigenvalue weighted by Crippen LogP contribution is -2.18. The number of amides is 1. The van der Waals surface area contributed by atoms with Gasteiger partial charge in [0.15, 0.2) is 11.5 Å². The minimum atomic E-state index is -0.666. The Labute approximate surface area is 239 Å². The Morgan fingerprint density at radius 3 is 2.31 bits per heavy atom. The Morgan fingerprint density at radius 1 is 0.821 bits per heavy atom. The lowest BCUT2D eigenvalue weighted by atomic mass is 10.2. The number of hydrogen-bond acceptors (Lipinski definition) is 6. The number of carbonyl (C=O) groups is 2. The highest BCUT2D eigenvalue weighted by Crippen LogP contribution is 2.30. The van der Waals surface area contributed by atoms with Gasteiger partial charge in [-0.15, -0.1) is 0 Å². The summed E-state index contributed by atoms with van der Waals surface area (Å²) in [6.07, 6.45) is 1.43. The zero-order chi connectivity index (χ0) is 27.8. The van der Waals surface area contributed by atoms with E-state index in [2.05, 4.69) is 10.5 Å². The number of halogens is 3. The zero-order valence-electron chi connectivity index (χ0n) is 20.5. The van der Waals surface area contributed by atoms with E-state index in [1.807, 2.05) is 12.1 Å². The van der Waals surface area contributed by atoms with Crippen LogP contribution in [0.15, 0.2) is 90.0 Å². The molecule has 0 unspecified atom stereocenters. The molecule has 0 aliphatic heterocycles. The van der Waals surface area contributed by atoms with Crippen molar-refractivity contribution < 1.29 is 23.8 Å². The van der Waals surface area contributed by atoms with E-state index in [1.54, 1.807) is 60.7 Å². The van der Waals surface area contributed by atoms with Crippen LogP contribution >= 0.6 is 34.8 Å². The van der Waals surface area contributed by atoms with Gasteiger partial charge < -0.3 is 14.2 Å². The number of carbonyl (C=O) groups excluding carboxylic acids is 2. The van der Waals surface area contributed by atoms with Crippen LogP contribution in [0.25, 0.3) is 0 Å². The summed E-state index contributed by atoms with van der Waals surface area (Å²) in [6.45, 7) is 0.270. The van der Waals surface area contributed by atoms with Crippen LogP contribution < -0.4 is 19.6 Å². The topological polar surface area (TPSA) is 86.2 Å². The second-order valence-electron chi connectivity index (χ2n) is 8.03. The quantitative estimate of drug-likeness (QED) is 0.0973. The molecular weight excluding hydrogens is 563 g/mol. The smallest absolute Gasteiger partial charge is 0.345 e. The molecule has 198 valence electrons. The fraction of sp³-hybridized carbons (Fsp3) is 0.0690. The van der Waals surface area contributed by atoms with Crippen molar-refractivity contribution in [1.29, 1.82) is 0 Å². The maximum absolute atomic E-state index is 12.8. The van der Waals surface area contributed by atoms with Gasteiger partial charge >= 0.3 is 5.97 Å². The normalized spacial score (nSPS) is 10.8. The van der Waals surface area contributed by atoms with E-state index in [0.29, 0.717) is 26.9 Å². The molecule has 1 amide bonds. The summed E-state index contributed by atoms with van der Waals surface area (Å²) >= 11 is 17.9. The van der Waals surface area contributed by atoms with Gasteiger partial charge in [-0.1, -0.05) is 59.1 Å². The second kappa shape index (κ2) is 13.2. The average molecular weight is 584 g/mol. The first-order valence-corrected chi connectivity index (χ1v) is 12.6. The van der Waals surface area contributed by atoms with Crippen molar-refractivity contribution in [3.8, 4) is 17.2 Å². The molecule has 10 heteroatoms. The summed E-state index contributed by atoms with van der Waals surface area (Å²) in [4.78, 5) is 25.3. The van der Waals surface area contributed by atoms with Crippen molar-refractivity contribution in [2.24, 2.45) is 5.10 Å². The van der Waals surface area contributed by atoms with Gasteiger partial charge in [0.1, 0.15) is 12.4 Å².